The summed E-state index contributed by atoms with van der Waals surface area (Å²) in [6.45, 7) is 0. The van der Waals surface area contributed by atoms with Gasteiger partial charge in [-0.1, -0.05) is 49.2 Å². The molecule has 0 radical (unpaired) electrons. The Bertz CT molecular complexity index is 873. The maximum atomic E-state index is 13.0. The van der Waals surface area contributed by atoms with E-state index >= 15 is 0 Å². The number of hydrogen-bond acceptors (Lipinski definition) is 4. The van der Waals surface area contributed by atoms with Gasteiger partial charge in [0, 0.05) is 11.6 Å². The smallest absolute Gasteiger partial charge is 0.251 e. The Morgan fingerprint density at radius 2 is 1.93 bits per heavy atom. The lowest BCUT2D eigenvalue weighted by atomic mass is 9.92. The molecule has 2 aromatic carbocycles. The number of nitrogens with one attached hydrogen (secondary N) is 1. The largest absolute Gasteiger partial charge is 0.349 e. The average Bonchev–Trinajstić information content (AvgIpc) is 3.42. The predicted molar refractivity (Wildman–Crippen MR) is 103 cm³/mol. The third-order valence-electron chi connectivity index (χ3n) is 5.31. The van der Waals surface area contributed by atoms with Gasteiger partial charge in [0.2, 0.25) is 0 Å². The molecule has 1 saturated carbocycles. The van der Waals surface area contributed by atoms with Gasteiger partial charge in [-0.25, -0.2) is 4.68 Å². The van der Waals surface area contributed by atoms with E-state index in [0.29, 0.717) is 11.5 Å². The second kappa shape index (κ2) is 8.12. The molecule has 1 aromatic heterocycles. The van der Waals surface area contributed by atoms with Crippen molar-refractivity contribution in [3.05, 3.63) is 72.1 Å². The number of carbonyl (C=O) groups is 1. The zero-order valence-electron chi connectivity index (χ0n) is 15.2. The van der Waals surface area contributed by atoms with Gasteiger partial charge in [0.05, 0.1) is 5.69 Å². The Balaban J connectivity index is 1.52. The fourth-order valence-corrected chi connectivity index (χ4v) is 3.88. The molecular formula is C21H23N5O. The fraction of sp³-hybridized carbons (Fsp3) is 0.333. The van der Waals surface area contributed by atoms with Gasteiger partial charge in [-0.2, -0.15) is 0 Å². The van der Waals surface area contributed by atoms with Crippen LogP contribution in [0.5, 0.6) is 0 Å². The standard InChI is InChI=1S/C21H23N5O/c27-21(18-11-6-12-19(14-18)26-15-22-24-25-26)23-20(17-9-4-5-10-17)13-16-7-2-1-3-8-16/h1-3,6-8,11-12,14-15,17,20H,4-5,9-10,13H2,(H,23,27). The minimum Gasteiger partial charge on any atom is -0.349 e. The highest BCUT2D eigenvalue weighted by molar-refractivity contribution is 5.95. The monoisotopic (exact) mass is 361 g/mol. The molecule has 0 saturated heterocycles. The molecule has 1 atom stereocenters. The second-order valence-corrected chi connectivity index (χ2v) is 7.12. The van der Waals surface area contributed by atoms with Gasteiger partial charge in [0.15, 0.2) is 0 Å². The molecule has 1 aliphatic rings. The molecule has 0 aliphatic heterocycles. The molecule has 0 bridgehead atoms. The third kappa shape index (κ3) is 4.22. The van der Waals surface area contributed by atoms with Crippen LogP contribution in [0.2, 0.25) is 0 Å². The highest BCUT2D eigenvalue weighted by atomic mass is 16.1. The van der Waals surface area contributed by atoms with Crippen molar-refractivity contribution in [2.75, 3.05) is 0 Å². The van der Waals surface area contributed by atoms with Crippen molar-refractivity contribution < 1.29 is 4.79 Å². The molecule has 1 unspecified atom stereocenters. The van der Waals surface area contributed by atoms with Crippen LogP contribution in [0.3, 0.4) is 0 Å². The summed E-state index contributed by atoms with van der Waals surface area (Å²) < 4.78 is 1.55. The van der Waals surface area contributed by atoms with Crippen LogP contribution in [-0.4, -0.2) is 32.2 Å². The lowest BCUT2D eigenvalue weighted by Crippen LogP contribution is -2.41. The van der Waals surface area contributed by atoms with Gasteiger partial charge in [-0.15, -0.1) is 5.10 Å². The summed E-state index contributed by atoms with van der Waals surface area (Å²) in [6, 6.07) is 17.9. The minimum atomic E-state index is -0.0437. The van der Waals surface area contributed by atoms with E-state index in [1.165, 1.54) is 37.6 Å². The van der Waals surface area contributed by atoms with E-state index < -0.39 is 0 Å². The highest BCUT2D eigenvalue weighted by Crippen LogP contribution is 2.29. The Labute approximate surface area is 158 Å². The number of tetrazole rings is 1. The van der Waals surface area contributed by atoms with E-state index in [4.69, 9.17) is 0 Å². The summed E-state index contributed by atoms with van der Waals surface area (Å²) in [7, 11) is 0. The topological polar surface area (TPSA) is 72.7 Å². The number of nitrogens with zero attached hydrogens (tertiary/aromatic N) is 4. The van der Waals surface area contributed by atoms with Crippen molar-refractivity contribution in [1.82, 2.24) is 25.5 Å². The molecule has 1 amide bonds. The number of benzene rings is 2. The summed E-state index contributed by atoms with van der Waals surface area (Å²) in [5, 5.41) is 14.5. The molecule has 6 heteroatoms. The van der Waals surface area contributed by atoms with Gasteiger partial charge in [0.25, 0.3) is 5.91 Å². The van der Waals surface area contributed by atoms with Crippen LogP contribution in [-0.2, 0) is 6.42 Å². The summed E-state index contributed by atoms with van der Waals surface area (Å²) in [5.41, 5.74) is 2.66. The Morgan fingerprint density at radius 1 is 1.11 bits per heavy atom. The Morgan fingerprint density at radius 3 is 2.67 bits per heavy atom. The van der Waals surface area contributed by atoms with E-state index in [0.717, 1.165) is 12.1 Å². The quantitative estimate of drug-likeness (QED) is 0.732. The first-order valence-corrected chi connectivity index (χ1v) is 9.48. The fourth-order valence-electron chi connectivity index (χ4n) is 3.88. The normalized spacial score (nSPS) is 15.6. The molecule has 1 aliphatic carbocycles. The zero-order chi connectivity index (χ0) is 18.5. The molecule has 1 N–H and O–H groups in total. The molecule has 3 aromatic rings. The number of carbonyl (C=O) groups excluding carboxylic acids is 1. The first kappa shape index (κ1) is 17.4. The molecule has 4 rings (SSSR count). The van der Waals surface area contributed by atoms with Crippen molar-refractivity contribution in [1.29, 1.82) is 0 Å². The van der Waals surface area contributed by atoms with Crippen molar-refractivity contribution in [2.45, 2.75) is 38.1 Å². The summed E-state index contributed by atoms with van der Waals surface area (Å²) in [6.07, 6.45) is 7.25. The summed E-state index contributed by atoms with van der Waals surface area (Å²) >= 11 is 0. The lowest BCUT2D eigenvalue weighted by Gasteiger charge is -2.25. The third-order valence-corrected chi connectivity index (χ3v) is 5.31. The van der Waals surface area contributed by atoms with Gasteiger partial charge in [-0.3, -0.25) is 4.79 Å². The molecule has 138 valence electrons. The van der Waals surface area contributed by atoms with Gasteiger partial charge < -0.3 is 5.32 Å². The minimum absolute atomic E-state index is 0.0437. The van der Waals surface area contributed by atoms with Crippen LogP contribution in [0.15, 0.2) is 60.9 Å². The highest BCUT2D eigenvalue weighted by Gasteiger charge is 2.27. The van der Waals surface area contributed by atoms with Crippen LogP contribution < -0.4 is 5.32 Å². The first-order valence-electron chi connectivity index (χ1n) is 9.48. The first-order chi connectivity index (χ1) is 13.3. The summed E-state index contributed by atoms with van der Waals surface area (Å²) in [5.74, 6) is 0.495. The number of hydrogen-bond donors (Lipinski definition) is 1. The predicted octanol–water partition coefficient (Wildman–Crippen LogP) is 3.19. The van der Waals surface area contributed by atoms with E-state index in [9.17, 15) is 4.79 Å². The van der Waals surface area contributed by atoms with Crippen molar-refractivity contribution in [3.63, 3.8) is 0 Å². The molecule has 1 heterocycles. The average molecular weight is 361 g/mol. The van der Waals surface area contributed by atoms with Crippen LogP contribution in [0.4, 0.5) is 0 Å². The van der Waals surface area contributed by atoms with E-state index in [2.05, 4.69) is 45.1 Å². The van der Waals surface area contributed by atoms with Gasteiger partial charge in [-0.05, 0) is 59.4 Å². The van der Waals surface area contributed by atoms with Crippen LogP contribution in [0.25, 0.3) is 5.69 Å². The second-order valence-electron chi connectivity index (χ2n) is 7.12. The number of amides is 1. The van der Waals surface area contributed by atoms with Crippen LogP contribution in [0, 0.1) is 5.92 Å². The summed E-state index contributed by atoms with van der Waals surface area (Å²) in [4.78, 5) is 13.0. The van der Waals surface area contributed by atoms with Crippen molar-refractivity contribution in [3.8, 4) is 5.69 Å². The number of rotatable bonds is 6. The SMILES string of the molecule is O=C(NC(Cc1ccccc1)C1CCCC1)c1cccc(-n2cnnn2)c1. The van der Waals surface area contributed by atoms with Crippen molar-refractivity contribution in [2.24, 2.45) is 5.92 Å². The molecule has 27 heavy (non-hydrogen) atoms. The Kier molecular flexibility index (Phi) is 5.23. The van der Waals surface area contributed by atoms with E-state index in [1.807, 2.05) is 30.3 Å². The Hall–Kier alpha value is -3.02. The molecular weight excluding hydrogens is 338 g/mol. The van der Waals surface area contributed by atoms with Crippen molar-refractivity contribution >= 4 is 5.91 Å². The van der Waals surface area contributed by atoms with E-state index in [1.54, 1.807) is 4.68 Å². The van der Waals surface area contributed by atoms with E-state index in [-0.39, 0.29) is 11.9 Å². The maximum absolute atomic E-state index is 13.0. The van der Waals surface area contributed by atoms with Gasteiger partial charge in [0.1, 0.15) is 6.33 Å². The van der Waals surface area contributed by atoms with Crippen LogP contribution >= 0.6 is 0 Å². The molecule has 1 fully saturated rings. The zero-order valence-corrected chi connectivity index (χ0v) is 15.2. The van der Waals surface area contributed by atoms with Crippen LogP contribution in [0.1, 0.15) is 41.6 Å². The molecule has 0 spiro atoms. The maximum Gasteiger partial charge on any atom is 0.251 e. The van der Waals surface area contributed by atoms with Gasteiger partial charge >= 0.3 is 0 Å². The number of aromatic nitrogens is 4. The lowest BCUT2D eigenvalue weighted by molar-refractivity contribution is 0.0922. The molecule has 6 nitrogen and oxygen atoms in total.